The molecule has 0 bridgehead atoms. The van der Waals surface area contributed by atoms with Crippen molar-refractivity contribution in [1.82, 2.24) is 20.4 Å². The van der Waals surface area contributed by atoms with Gasteiger partial charge in [-0.15, -0.1) is 0 Å². The Kier molecular flexibility index (Phi) is 4.42. The molecule has 6 heteroatoms. The number of urea groups is 1. The lowest BCUT2D eigenvalue weighted by Crippen LogP contribution is -2.48. The summed E-state index contributed by atoms with van der Waals surface area (Å²) in [4.78, 5) is 14.7. The summed E-state index contributed by atoms with van der Waals surface area (Å²) < 4.78 is 13.3. The fraction of sp³-hybridized carbons (Fsp3) is 0.474. The second kappa shape index (κ2) is 6.86. The van der Waals surface area contributed by atoms with Crippen LogP contribution in [0.25, 0.3) is 0 Å². The number of fused-ring (bicyclic) bond motifs is 1. The number of carbonyl (C=O) groups excluding carboxylic acids is 1. The number of aryl methyl sites for hydroxylation is 1. The lowest BCUT2D eigenvalue weighted by Gasteiger charge is -2.28. The zero-order valence-electron chi connectivity index (χ0n) is 14.2. The second-order valence-electron chi connectivity index (χ2n) is 7.07. The van der Waals surface area contributed by atoms with Crippen LogP contribution in [-0.4, -0.2) is 39.8 Å². The topological polar surface area (TPSA) is 61.0 Å². The van der Waals surface area contributed by atoms with Gasteiger partial charge in [0.25, 0.3) is 0 Å². The number of carbonyl (C=O) groups is 1. The van der Waals surface area contributed by atoms with Crippen molar-refractivity contribution in [3.05, 3.63) is 53.1 Å². The molecule has 2 amide bonds. The third-order valence-corrected chi connectivity index (χ3v) is 5.12. The van der Waals surface area contributed by atoms with Crippen LogP contribution in [0.2, 0.25) is 0 Å². The van der Waals surface area contributed by atoms with Gasteiger partial charge in [-0.05, 0) is 61.8 Å². The van der Waals surface area contributed by atoms with Crippen LogP contribution >= 0.6 is 0 Å². The number of aromatic amines is 1. The van der Waals surface area contributed by atoms with Crippen LogP contribution in [-0.2, 0) is 19.3 Å². The zero-order valence-corrected chi connectivity index (χ0v) is 14.2. The van der Waals surface area contributed by atoms with Crippen molar-refractivity contribution in [2.75, 3.05) is 6.54 Å². The first-order valence-electron chi connectivity index (χ1n) is 9.02. The SMILES string of the molecule is O=C(NC1CCc2[nH]ncc2C1)N(CCc1cccc(F)c1)C1CC1. The third kappa shape index (κ3) is 3.83. The van der Waals surface area contributed by atoms with E-state index in [2.05, 4.69) is 15.5 Å². The molecule has 4 rings (SSSR count). The Morgan fingerprint density at radius 2 is 2.24 bits per heavy atom. The average Bonchev–Trinajstić information content (AvgIpc) is 3.32. The minimum absolute atomic E-state index is 0.0100. The Labute approximate surface area is 146 Å². The number of hydrogen-bond donors (Lipinski definition) is 2. The van der Waals surface area contributed by atoms with Gasteiger partial charge in [-0.25, -0.2) is 9.18 Å². The molecule has 2 aliphatic carbocycles. The van der Waals surface area contributed by atoms with Gasteiger partial charge in [0.2, 0.25) is 0 Å². The Balaban J connectivity index is 1.35. The van der Waals surface area contributed by atoms with Gasteiger partial charge < -0.3 is 10.2 Å². The first-order valence-corrected chi connectivity index (χ1v) is 9.02. The highest BCUT2D eigenvalue weighted by Crippen LogP contribution is 2.27. The molecule has 1 aromatic carbocycles. The summed E-state index contributed by atoms with van der Waals surface area (Å²) in [6, 6.07) is 7.13. The number of H-pyrrole nitrogens is 1. The monoisotopic (exact) mass is 342 g/mol. The lowest BCUT2D eigenvalue weighted by atomic mass is 9.94. The van der Waals surface area contributed by atoms with E-state index in [1.54, 1.807) is 12.1 Å². The van der Waals surface area contributed by atoms with Crippen molar-refractivity contribution < 1.29 is 9.18 Å². The van der Waals surface area contributed by atoms with Gasteiger partial charge in [0, 0.05) is 24.3 Å². The van der Waals surface area contributed by atoms with E-state index in [0.717, 1.165) is 37.7 Å². The van der Waals surface area contributed by atoms with E-state index in [0.29, 0.717) is 19.0 Å². The quantitative estimate of drug-likeness (QED) is 0.878. The third-order valence-electron chi connectivity index (χ3n) is 5.12. The number of hydrogen-bond acceptors (Lipinski definition) is 2. The summed E-state index contributed by atoms with van der Waals surface area (Å²) in [6.07, 6.45) is 7.35. The largest absolute Gasteiger partial charge is 0.335 e. The summed E-state index contributed by atoms with van der Waals surface area (Å²) in [5.74, 6) is -0.224. The molecule has 2 aliphatic rings. The normalized spacial score (nSPS) is 19.3. The smallest absolute Gasteiger partial charge is 0.317 e. The maximum atomic E-state index is 13.3. The molecule has 1 aromatic heterocycles. The summed E-state index contributed by atoms with van der Waals surface area (Å²) in [5, 5.41) is 10.3. The summed E-state index contributed by atoms with van der Waals surface area (Å²) >= 11 is 0. The van der Waals surface area contributed by atoms with Crippen molar-refractivity contribution in [3.63, 3.8) is 0 Å². The van der Waals surface area contributed by atoms with E-state index < -0.39 is 0 Å². The van der Waals surface area contributed by atoms with Crippen molar-refractivity contribution in [1.29, 1.82) is 0 Å². The highest BCUT2D eigenvalue weighted by Gasteiger charge is 2.33. The zero-order chi connectivity index (χ0) is 17.2. The standard InChI is InChI=1S/C19H23FN4O/c20-15-3-1-2-13(10-15)8-9-24(17-5-6-17)19(25)22-16-4-7-18-14(11-16)12-21-23-18/h1-3,10,12,16-17H,4-9,11H2,(H,21,23)(H,22,25). The fourth-order valence-electron chi connectivity index (χ4n) is 3.58. The second-order valence-corrected chi connectivity index (χ2v) is 7.07. The fourth-order valence-corrected chi connectivity index (χ4v) is 3.58. The van der Waals surface area contributed by atoms with Crippen LogP contribution in [0.15, 0.2) is 30.5 Å². The van der Waals surface area contributed by atoms with Crippen molar-refractivity contribution in [2.45, 2.75) is 50.6 Å². The number of amides is 2. The van der Waals surface area contributed by atoms with Crippen LogP contribution in [0, 0.1) is 5.82 Å². The highest BCUT2D eigenvalue weighted by molar-refractivity contribution is 5.75. The molecule has 1 heterocycles. The molecule has 0 aliphatic heterocycles. The molecule has 1 saturated carbocycles. The van der Waals surface area contributed by atoms with Crippen LogP contribution in [0.3, 0.4) is 0 Å². The Morgan fingerprint density at radius 3 is 3.04 bits per heavy atom. The molecule has 1 fully saturated rings. The summed E-state index contributed by atoms with van der Waals surface area (Å²) in [7, 11) is 0. The molecule has 0 saturated heterocycles. The van der Waals surface area contributed by atoms with E-state index >= 15 is 0 Å². The Bertz CT molecular complexity index is 755. The predicted octanol–water partition coefficient (Wildman–Crippen LogP) is 2.82. The molecule has 5 nitrogen and oxygen atoms in total. The molecule has 132 valence electrons. The van der Waals surface area contributed by atoms with Crippen LogP contribution in [0.4, 0.5) is 9.18 Å². The molecule has 1 unspecified atom stereocenters. The molecule has 0 spiro atoms. The number of nitrogens with one attached hydrogen (secondary N) is 2. The van der Waals surface area contributed by atoms with Crippen LogP contribution in [0.5, 0.6) is 0 Å². The lowest BCUT2D eigenvalue weighted by molar-refractivity contribution is 0.190. The number of benzene rings is 1. The van der Waals surface area contributed by atoms with Crippen LogP contribution in [0.1, 0.15) is 36.1 Å². The van der Waals surface area contributed by atoms with Crippen molar-refractivity contribution >= 4 is 6.03 Å². The van der Waals surface area contributed by atoms with Crippen molar-refractivity contribution in [3.8, 4) is 0 Å². The van der Waals surface area contributed by atoms with Crippen LogP contribution < -0.4 is 5.32 Å². The number of rotatable bonds is 5. The van der Waals surface area contributed by atoms with E-state index in [1.807, 2.05) is 17.2 Å². The Morgan fingerprint density at radius 1 is 1.36 bits per heavy atom. The predicted molar refractivity (Wildman–Crippen MR) is 92.8 cm³/mol. The van der Waals surface area contributed by atoms with Gasteiger partial charge in [0.05, 0.1) is 6.20 Å². The van der Waals surface area contributed by atoms with Gasteiger partial charge in [0.15, 0.2) is 0 Å². The maximum Gasteiger partial charge on any atom is 0.317 e. The van der Waals surface area contributed by atoms with E-state index in [4.69, 9.17) is 0 Å². The molecule has 0 radical (unpaired) electrons. The van der Waals surface area contributed by atoms with Gasteiger partial charge in [-0.2, -0.15) is 5.10 Å². The highest BCUT2D eigenvalue weighted by atomic mass is 19.1. The number of aromatic nitrogens is 2. The van der Waals surface area contributed by atoms with E-state index in [1.165, 1.54) is 17.3 Å². The number of nitrogens with zero attached hydrogens (tertiary/aromatic N) is 2. The average molecular weight is 342 g/mol. The minimum Gasteiger partial charge on any atom is -0.335 e. The number of halogens is 1. The molecular weight excluding hydrogens is 319 g/mol. The van der Waals surface area contributed by atoms with Gasteiger partial charge in [0.1, 0.15) is 5.82 Å². The maximum absolute atomic E-state index is 13.3. The molecule has 2 N–H and O–H groups in total. The van der Waals surface area contributed by atoms with E-state index in [-0.39, 0.29) is 17.9 Å². The molecule has 2 aromatic rings. The molecular formula is C19H23FN4O. The minimum atomic E-state index is -0.224. The summed E-state index contributed by atoms with van der Waals surface area (Å²) in [6.45, 7) is 0.629. The molecule has 25 heavy (non-hydrogen) atoms. The van der Waals surface area contributed by atoms with E-state index in [9.17, 15) is 9.18 Å². The molecule has 1 atom stereocenters. The van der Waals surface area contributed by atoms with Gasteiger partial charge >= 0.3 is 6.03 Å². The first-order chi connectivity index (χ1) is 12.2. The van der Waals surface area contributed by atoms with Crippen molar-refractivity contribution in [2.24, 2.45) is 0 Å². The summed E-state index contributed by atoms with van der Waals surface area (Å²) in [5.41, 5.74) is 3.32. The van der Waals surface area contributed by atoms with Gasteiger partial charge in [-0.1, -0.05) is 12.1 Å². The van der Waals surface area contributed by atoms with Gasteiger partial charge in [-0.3, -0.25) is 5.10 Å². The first kappa shape index (κ1) is 16.1. The Hall–Kier alpha value is -2.37.